The van der Waals surface area contributed by atoms with Crippen molar-refractivity contribution in [3.05, 3.63) is 42.7 Å². The number of para-hydroxylation sites is 1. The van der Waals surface area contributed by atoms with Crippen molar-refractivity contribution in [2.75, 3.05) is 17.3 Å². The molecule has 4 nitrogen and oxygen atoms in total. The smallest absolute Gasteiger partial charge is 0.138 e. The zero-order valence-corrected chi connectivity index (χ0v) is 12.5. The van der Waals surface area contributed by atoms with Gasteiger partial charge in [0.05, 0.1) is 0 Å². The second-order valence-corrected chi connectivity index (χ2v) is 5.64. The van der Waals surface area contributed by atoms with Gasteiger partial charge in [-0.25, -0.2) is 9.97 Å². The molecule has 2 aromatic rings. The average molecular weight is 282 g/mol. The van der Waals surface area contributed by atoms with E-state index in [1.54, 1.807) is 6.33 Å². The third-order valence-electron chi connectivity index (χ3n) is 4.10. The predicted molar refractivity (Wildman–Crippen MR) is 87.0 cm³/mol. The number of hydrogen-bond donors (Lipinski definition) is 1. The van der Waals surface area contributed by atoms with Gasteiger partial charge in [0.15, 0.2) is 0 Å². The SMILES string of the molecule is CN(c1ccccc1)c1cc(NC2CCCCC2)ncn1. The lowest BCUT2D eigenvalue weighted by atomic mass is 9.95. The van der Waals surface area contributed by atoms with Crippen molar-refractivity contribution in [1.29, 1.82) is 0 Å². The molecule has 1 aliphatic carbocycles. The molecule has 21 heavy (non-hydrogen) atoms. The number of aromatic nitrogens is 2. The van der Waals surface area contributed by atoms with Crippen LogP contribution in [0.2, 0.25) is 0 Å². The van der Waals surface area contributed by atoms with Gasteiger partial charge < -0.3 is 10.2 Å². The molecule has 1 fully saturated rings. The van der Waals surface area contributed by atoms with Gasteiger partial charge in [-0.1, -0.05) is 37.5 Å². The molecule has 0 radical (unpaired) electrons. The molecule has 0 saturated heterocycles. The lowest BCUT2D eigenvalue weighted by molar-refractivity contribution is 0.462. The maximum absolute atomic E-state index is 4.38. The zero-order chi connectivity index (χ0) is 14.5. The minimum Gasteiger partial charge on any atom is -0.367 e. The molecule has 1 N–H and O–H groups in total. The van der Waals surface area contributed by atoms with Crippen LogP contribution in [-0.4, -0.2) is 23.1 Å². The number of hydrogen-bond acceptors (Lipinski definition) is 4. The first-order chi connectivity index (χ1) is 10.3. The Morgan fingerprint density at radius 1 is 1.05 bits per heavy atom. The van der Waals surface area contributed by atoms with Crippen LogP contribution < -0.4 is 10.2 Å². The molecule has 1 aliphatic rings. The second kappa shape index (κ2) is 6.57. The summed E-state index contributed by atoms with van der Waals surface area (Å²) >= 11 is 0. The molecule has 1 heterocycles. The quantitative estimate of drug-likeness (QED) is 0.920. The standard InChI is InChI=1S/C17H22N4/c1-21(15-10-6-3-7-11-15)17-12-16(18-13-19-17)20-14-8-4-2-5-9-14/h3,6-7,10-14H,2,4-5,8-9H2,1H3,(H,18,19,20). The van der Waals surface area contributed by atoms with Gasteiger partial charge in [0.1, 0.15) is 18.0 Å². The van der Waals surface area contributed by atoms with Crippen LogP contribution in [-0.2, 0) is 0 Å². The van der Waals surface area contributed by atoms with Crippen molar-refractivity contribution in [3.63, 3.8) is 0 Å². The van der Waals surface area contributed by atoms with Gasteiger partial charge in [0, 0.05) is 24.8 Å². The third-order valence-corrected chi connectivity index (χ3v) is 4.10. The predicted octanol–water partition coefficient (Wildman–Crippen LogP) is 3.99. The monoisotopic (exact) mass is 282 g/mol. The van der Waals surface area contributed by atoms with Crippen molar-refractivity contribution < 1.29 is 0 Å². The highest BCUT2D eigenvalue weighted by atomic mass is 15.2. The molecule has 0 bridgehead atoms. The molecule has 0 aliphatic heterocycles. The molecule has 1 aromatic carbocycles. The van der Waals surface area contributed by atoms with E-state index >= 15 is 0 Å². The molecule has 1 aromatic heterocycles. The average Bonchev–Trinajstić information content (AvgIpc) is 2.56. The van der Waals surface area contributed by atoms with E-state index in [0.29, 0.717) is 6.04 Å². The molecule has 3 rings (SSSR count). The summed E-state index contributed by atoms with van der Waals surface area (Å²) in [7, 11) is 2.03. The number of rotatable bonds is 4. The maximum atomic E-state index is 4.38. The van der Waals surface area contributed by atoms with E-state index < -0.39 is 0 Å². The van der Waals surface area contributed by atoms with Crippen LogP contribution in [0.25, 0.3) is 0 Å². The molecule has 0 spiro atoms. The molecule has 0 unspecified atom stereocenters. The Balaban J connectivity index is 1.73. The summed E-state index contributed by atoms with van der Waals surface area (Å²) in [5, 5.41) is 3.55. The maximum Gasteiger partial charge on any atom is 0.138 e. The molecule has 1 saturated carbocycles. The van der Waals surface area contributed by atoms with Crippen LogP contribution in [0.1, 0.15) is 32.1 Å². The van der Waals surface area contributed by atoms with Crippen LogP contribution >= 0.6 is 0 Å². The molecule has 0 amide bonds. The first-order valence-corrected chi connectivity index (χ1v) is 7.70. The number of anilines is 3. The van der Waals surface area contributed by atoms with Gasteiger partial charge in [-0.05, 0) is 25.0 Å². The molecule has 4 heteroatoms. The fraction of sp³-hybridized carbons (Fsp3) is 0.412. The van der Waals surface area contributed by atoms with Crippen LogP contribution in [0.4, 0.5) is 17.3 Å². The fourth-order valence-corrected chi connectivity index (χ4v) is 2.85. The molecular formula is C17H22N4. The Bertz CT molecular complexity index is 564. The molecular weight excluding hydrogens is 260 g/mol. The van der Waals surface area contributed by atoms with E-state index in [2.05, 4.69) is 32.3 Å². The van der Waals surface area contributed by atoms with Gasteiger partial charge in [-0.15, -0.1) is 0 Å². The summed E-state index contributed by atoms with van der Waals surface area (Å²) in [4.78, 5) is 10.8. The third kappa shape index (κ3) is 3.51. The van der Waals surface area contributed by atoms with E-state index in [4.69, 9.17) is 0 Å². The Morgan fingerprint density at radius 3 is 2.57 bits per heavy atom. The highest BCUT2D eigenvalue weighted by molar-refractivity contribution is 5.61. The summed E-state index contributed by atoms with van der Waals surface area (Å²) in [6.45, 7) is 0. The number of benzene rings is 1. The molecule has 0 atom stereocenters. The minimum absolute atomic E-state index is 0.559. The van der Waals surface area contributed by atoms with Gasteiger partial charge in [-0.3, -0.25) is 0 Å². The Labute approximate surface area is 126 Å². The number of nitrogens with one attached hydrogen (secondary N) is 1. The highest BCUT2D eigenvalue weighted by Gasteiger charge is 2.14. The minimum atomic E-state index is 0.559. The van der Waals surface area contributed by atoms with Crippen molar-refractivity contribution in [1.82, 2.24) is 9.97 Å². The number of nitrogens with zero attached hydrogens (tertiary/aromatic N) is 3. The van der Waals surface area contributed by atoms with Gasteiger partial charge in [0.25, 0.3) is 0 Å². The van der Waals surface area contributed by atoms with E-state index in [-0.39, 0.29) is 0 Å². The fourth-order valence-electron chi connectivity index (χ4n) is 2.85. The van der Waals surface area contributed by atoms with E-state index in [1.165, 1.54) is 32.1 Å². The first kappa shape index (κ1) is 13.9. The summed E-state index contributed by atoms with van der Waals surface area (Å²) in [6.07, 6.45) is 8.13. The van der Waals surface area contributed by atoms with Crippen LogP contribution in [0.15, 0.2) is 42.7 Å². The van der Waals surface area contributed by atoms with Crippen LogP contribution in [0, 0.1) is 0 Å². The topological polar surface area (TPSA) is 41.0 Å². The summed E-state index contributed by atoms with van der Waals surface area (Å²) < 4.78 is 0. The van der Waals surface area contributed by atoms with Gasteiger partial charge in [-0.2, -0.15) is 0 Å². The van der Waals surface area contributed by atoms with Gasteiger partial charge >= 0.3 is 0 Å². The Kier molecular flexibility index (Phi) is 4.34. The summed E-state index contributed by atoms with van der Waals surface area (Å²) in [5.41, 5.74) is 1.12. The van der Waals surface area contributed by atoms with Crippen LogP contribution in [0.5, 0.6) is 0 Å². The van der Waals surface area contributed by atoms with Crippen molar-refractivity contribution in [2.24, 2.45) is 0 Å². The summed E-state index contributed by atoms with van der Waals surface area (Å²) in [5.74, 6) is 1.84. The highest BCUT2D eigenvalue weighted by Crippen LogP contribution is 2.24. The van der Waals surface area contributed by atoms with Crippen LogP contribution in [0.3, 0.4) is 0 Å². The van der Waals surface area contributed by atoms with Crippen molar-refractivity contribution in [3.8, 4) is 0 Å². The zero-order valence-electron chi connectivity index (χ0n) is 12.5. The second-order valence-electron chi connectivity index (χ2n) is 5.64. The normalized spacial score (nSPS) is 15.7. The lowest BCUT2D eigenvalue weighted by Crippen LogP contribution is -2.23. The first-order valence-electron chi connectivity index (χ1n) is 7.70. The van der Waals surface area contributed by atoms with Crippen molar-refractivity contribution >= 4 is 17.3 Å². The summed E-state index contributed by atoms with van der Waals surface area (Å²) in [6, 6.07) is 12.8. The Hall–Kier alpha value is -2.10. The van der Waals surface area contributed by atoms with E-state index in [9.17, 15) is 0 Å². The van der Waals surface area contributed by atoms with Crippen molar-refractivity contribution in [2.45, 2.75) is 38.1 Å². The van der Waals surface area contributed by atoms with E-state index in [1.807, 2.05) is 31.3 Å². The largest absolute Gasteiger partial charge is 0.367 e. The van der Waals surface area contributed by atoms with E-state index in [0.717, 1.165) is 17.3 Å². The van der Waals surface area contributed by atoms with Gasteiger partial charge in [0.2, 0.25) is 0 Å². The Morgan fingerprint density at radius 2 is 1.81 bits per heavy atom. The molecule has 110 valence electrons. The lowest BCUT2D eigenvalue weighted by Gasteiger charge is -2.24.